The Bertz CT molecular complexity index is 520. The molecule has 1 aromatic heterocycles. The van der Waals surface area contributed by atoms with Crippen LogP contribution in [0.2, 0.25) is 0 Å². The van der Waals surface area contributed by atoms with Gasteiger partial charge in [0.1, 0.15) is 18.0 Å². The molecular formula is C11H9NO2. The Morgan fingerprint density at radius 3 is 2.93 bits per heavy atom. The van der Waals surface area contributed by atoms with E-state index in [0.29, 0.717) is 16.9 Å². The molecule has 1 aromatic carbocycles. The largest absolute Gasteiger partial charge is 0.458 e. The van der Waals surface area contributed by atoms with Crippen LogP contribution in [0.15, 0.2) is 22.6 Å². The van der Waals surface area contributed by atoms with Gasteiger partial charge in [0.15, 0.2) is 0 Å². The molecule has 0 aliphatic rings. The number of benzene rings is 1. The third-order valence-electron chi connectivity index (χ3n) is 2.31. The molecule has 14 heavy (non-hydrogen) atoms. The van der Waals surface area contributed by atoms with Gasteiger partial charge in [-0.2, -0.15) is 5.26 Å². The Morgan fingerprint density at radius 1 is 1.50 bits per heavy atom. The predicted octanol–water partition coefficient (Wildman–Crippen LogP) is 2.11. The first-order valence-corrected chi connectivity index (χ1v) is 4.29. The summed E-state index contributed by atoms with van der Waals surface area (Å²) in [6.07, 6.45) is 0. The number of aryl methyl sites for hydroxylation is 1. The van der Waals surface area contributed by atoms with E-state index in [1.807, 2.05) is 6.92 Å². The van der Waals surface area contributed by atoms with Crippen LogP contribution in [0.25, 0.3) is 11.0 Å². The Morgan fingerprint density at radius 2 is 2.29 bits per heavy atom. The number of furan rings is 1. The Hall–Kier alpha value is -1.79. The van der Waals surface area contributed by atoms with Crippen molar-refractivity contribution in [3.05, 3.63) is 35.1 Å². The van der Waals surface area contributed by atoms with Gasteiger partial charge in [-0.3, -0.25) is 0 Å². The van der Waals surface area contributed by atoms with Crippen LogP contribution in [0.3, 0.4) is 0 Å². The summed E-state index contributed by atoms with van der Waals surface area (Å²) in [5, 5.41) is 18.6. The summed E-state index contributed by atoms with van der Waals surface area (Å²) in [5.74, 6) is 0.565. The Labute approximate surface area is 81.2 Å². The van der Waals surface area contributed by atoms with Crippen molar-refractivity contribution >= 4 is 11.0 Å². The monoisotopic (exact) mass is 187 g/mol. The van der Waals surface area contributed by atoms with Crippen molar-refractivity contribution in [1.29, 1.82) is 5.26 Å². The number of hydrogen-bond acceptors (Lipinski definition) is 3. The summed E-state index contributed by atoms with van der Waals surface area (Å²) in [4.78, 5) is 0. The summed E-state index contributed by atoms with van der Waals surface area (Å²) in [5.41, 5.74) is 2.22. The zero-order valence-corrected chi connectivity index (χ0v) is 7.74. The molecule has 0 radical (unpaired) electrons. The van der Waals surface area contributed by atoms with E-state index in [1.165, 1.54) is 0 Å². The molecule has 0 aliphatic carbocycles. The van der Waals surface area contributed by atoms with Crippen molar-refractivity contribution in [3.63, 3.8) is 0 Å². The summed E-state index contributed by atoms with van der Waals surface area (Å²) < 4.78 is 5.39. The van der Waals surface area contributed by atoms with E-state index in [2.05, 4.69) is 6.07 Å². The third kappa shape index (κ3) is 1.17. The van der Waals surface area contributed by atoms with E-state index in [-0.39, 0.29) is 6.61 Å². The second kappa shape index (κ2) is 3.17. The lowest BCUT2D eigenvalue weighted by atomic mass is 10.1. The van der Waals surface area contributed by atoms with Gasteiger partial charge in [-0.15, -0.1) is 0 Å². The number of rotatable bonds is 1. The van der Waals surface area contributed by atoms with E-state index in [9.17, 15) is 0 Å². The molecule has 3 nitrogen and oxygen atoms in total. The summed E-state index contributed by atoms with van der Waals surface area (Å²) >= 11 is 0. The van der Waals surface area contributed by atoms with Crippen molar-refractivity contribution < 1.29 is 9.52 Å². The van der Waals surface area contributed by atoms with Gasteiger partial charge in [0.25, 0.3) is 0 Å². The molecule has 2 aromatic rings. The molecule has 1 heterocycles. The fourth-order valence-electron chi connectivity index (χ4n) is 1.49. The highest BCUT2D eigenvalue weighted by Crippen LogP contribution is 2.25. The van der Waals surface area contributed by atoms with Crippen LogP contribution in [-0.2, 0) is 6.61 Å². The summed E-state index contributed by atoms with van der Waals surface area (Å²) in [6.45, 7) is 1.76. The number of nitrogens with zero attached hydrogens (tertiary/aromatic N) is 1. The quantitative estimate of drug-likeness (QED) is 0.743. The molecule has 0 amide bonds. The van der Waals surface area contributed by atoms with Gasteiger partial charge in [0.05, 0.1) is 11.6 Å². The topological polar surface area (TPSA) is 57.2 Å². The minimum Gasteiger partial charge on any atom is -0.458 e. The highest BCUT2D eigenvalue weighted by molar-refractivity contribution is 5.83. The zero-order valence-electron chi connectivity index (χ0n) is 7.74. The minimum atomic E-state index is -0.109. The van der Waals surface area contributed by atoms with Crippen LogP contribution in [0, 0.1) is 18.3 Å². The molecule has 70 valence electrons. The maximum atomic E-state index is 8.99. The summed E-state index contributed by atoms with van der Waals surface area (Å²) in [6, 6.07) is 7.29. The van der Waals surface area contributed by atoms with Gasteiger partial charge in [-0.25, -0.2) is 0 Å². The van der Waals surface area contributed by atoms with Crippen LogP contribution in [-0.4, -0.2) is 5.11 Å². The highest BCUT2D eigenvalue weighted by atomic mass is 16.4. The minimum absolute atomic E-state index is 0.109. The van der Waals surface area contributed by atoms with E-state index in [1.54, 1.807) is 18.2 Å². The van der Waals surface area contributed by atoms with E-state index >= 15 is 0 Å². The van der Waals surface area contributed by atoms with Gasteiger partial charge >= 0.3 is 0 Å². The van der Waals surface area contributed by atoms with Crippen molar-refractivity contribution in [2.24, 2.45) is 0 Å². The van der Waals surface area contributed by atoms with Gasteiger partial charge in [-0.1, -0.05) is 0 Å². The lowest BCUT2D eigenvalue weighted by Crippen LogP contribution is -1.80. The first-order valence-electron chi connectivity index (χ1n) is 4.29. The second-order valence-electron chi connectivity index (χ2n) is 3.13. The number of nitriles is 1. The average Bonchev–Trinajstić information content (AvgIpc) is 2.55. The molecule has 2 rings (SSSR count). The highest BCUT2D eigenvalue weighted by Gasteiger charge is 2.09. The fraction of sp³-hybridized carbons (Fsp3) is 0.182. The average molecular weight is 187 g/mol. The van der Waals surface area contributed by atoms with E-state index in [0.717, 1.165) is 10.9 Å². The van der Waals surface area contributed by atoms with Crippen molar-refractivity contribution in [3.8, 4) is 6.07 Å². The Balaban J connectivity index is 2.75. The smallest absolute Gasteiger partial charge is 0.134 e. The second-order valence-corrected chi connectivity index (χ2v) is 3.13. The third-order valence-corrected chi connectivity index (χ3v) is 2.31. The van der Waals surface area contributed by atoms with E-state index in [4.69, 9.17) is 14.8 Å². The first kappa shape index (κ1) is 8.79. The molecule has 0 atom stereocenters. The molecular weight excluding hydrogens is 178 g/mol. The normalized spacial score (nSPS) is 10.4. The number of fused-ring (bicyclic) bond motifs is 1. The lowest BCUT2D eigenvalue weighted by Gasteiger charge is -1.90. The number of aliphatic hydroxyl groups excluding tert-OH is 1. The van der Waals surface area contributed by atoms with Gasteiger partial charge in [-0.05, 0) is 25.1 Å². The standard InChI is InChI=1S/C11H9NO2/c1-7-9-4-8(5-12)2-3-10(9)14-11(7)6-13/h2-4,13H,6H2,1H3. The lowest BCUT2D eigenvalue weighted by molar-refractivity contribution is 0.250. The molecule has 3 heteroatoms. The SMILES string of the molecule is Cc1c(CO)oc2ccc(C#N)cc12. The molecule has 0 aliphatic heterocycles. The first-order chi connectivity index (χ1) is 6.76. The van der Waals surface area contributed by atoms with Gasteiger partial charge in [0, 0.05) is 10.9 Å². The fourth-order valence-corrected chi connectivity index (χ4v) is 1.49. The Kier molecular flexibility index (Phi) is 1.99. The van der Waals surface area contributed by atoms with E-state index < -0.39 is 0 Å². The van der Waals surface area contributed by atoms with Gasteiger partial charge in [0.2, 0.25) is 0 Å². The molecule has 0 bridgehead atoms. The maximum Gasteiger partial charge on any atom is 0.134 e. The number of aliphatic hydroxyl groups is 1. The van der Waals surface area contributed by atoms with Crippen molar-refractivity contribution in [2.75, 3.05) is 0 Å². The molecule has 1 N–H and O–H groups in total. The molecule has 0 saturated carbocycles. The van der Waals surface area contributed by atoms with Crippen molar-refractivity contribution in [2.45, 2.75) is 13.5 Å². The maximum absolute atomic E-state index is 8.99. The van der Waals surface area contributed by atoms with Crippen molar-refractivity contribution in [1.82, 2.24) is 0 Å². The summed E-state index contributed by atoms with van der Waals surface area (Å²) in [7, 11) is 0. The van der Waals surface area contributed by atoms with Crippen LogP contribution in [0.4, 0.5) is 0 Å². The molecule has 0 saturated heterocycles. The number of hydrogen-bond donors (Lipinski definition) is 1. The van der Waals surface area contributed by atoms with Crippen LogP contribution in [0.5, 0.6) is 0 Å². The molecule has 0 fully saturated rings. The zero-order chi connectivity index (χ0) is 10.1. The van der Waals surface area contributed by atoms with Crippen LogP contribution >= 0.6 is 0 Å². The van der Waals surface area contributed by atoms with Crippen LogP contribution < -0.4 is 0 Å². The van der Waals surface area contributed by atoms with Gasteiger partial charge < -0.3 is 9.52 Å². The molecule has 0 spiro atoms. The molecule has 0 unspecified atom stereocenters. The van der Waals surface area contributed by atoms with Crippen LogP contribution in [0.1, 0.15) is 16.9 Å². The predicted molar refractivity (Wildman–Crippen MR) is 51.6 cm³/mol.